The van der Waals surface area contributed by atoms with Crippen LogP contribution in [-0.4, -0.2) is 17.7 Å². The van der Waals surface area contributed by atoms with Crippen molar-refractivity contribution in [1.82, 2.24) is 4.90 Å². The lowest BCUT2D eigenvalue weighted by molar-refractivity contribution is -0.119. The van der Waals surface area contributed by atoms with Crippen molar-refractivity contribution in [1.29, 1.82) is 0 Å². The molecule has 1 aliphatic rings. The topological polar surface area (TPSA) is 46.3 Å². The number of nitrogens with zero attached hydrogens (tertiary/aromatic N) is 1. The first-order valence-electron chi connectivity index (χ1n) is 9.31. The molecule has 0 aromatic heterocycles. The van der Waals surface area contributed by atoms with Gasteiger partial charge in [0.05, 0.1) is 6.04 Å². The summed E-state index contributed by atoms with van der Waals surface area (Å²) in [6.45, 7) is 0.198. The van der Waals surface area contributed by atoms with Gasteiger partial charge in [0.15, 0.2) is 11.9 Å². The number of aldehydes is 1. The highest BCUT2D eigenvalue weighted by Crippen LogP contribution is 2.41. The zero-order valence-corrected chi connectivity index (χ0v) is 15.6. The molecule has 2 atom stereocenters. The van der Waals surface area contributed by atoms with Gasteiger partial charge in [-0.3, -0.25) is 9.69 Å². The van der Waals surface area contributed by atoms with Gasteiger partial charge in [0.1, 0.15) is 11.6 Å². The van der Waals surface area contributed by atoms with E-state index in [4.69, 9.17) is 5.73 Å². The van der Waals surface area contributed by atoms with Crippen LogP contribution in [0.4, 0.5) is 8.78 Å². The largest absolute Gasteiger partial charge is 0.303 e. The van der Waals surface area contributed by atoms with Crippen molar-refractivity contribution in [3.05, 3.63) is 113 Å². The predicted molar refractivity (Wildman–Crippen MR) is 109 cm³/mol. The highest BCUT2D eigenvalue weighted by Gasteiger charge is 2.42. The Morgan fingerprint density at radius 3 is 2.28 bits per heavy atom. The molecule has 0 amide bonds. The molecule has 0 spiro atoms. The average Bonchev–Trinajstić information content (AvgIpc) is 3.22. The standard InChI is InChI=1S/C24H20F2N2O/c25-20-11-12-22(26)21(14-20)18-13-23(17-7-3-1-4-8-17)28(15-18)24(27,16-29)19-9-5-2-6-10-19/h1-14,16,23H,15,27H2/t23?,24-/m0/s1. The monoisotopic (exact) mass is 390 g/mol. The van der Waals surface area contributed by atoms with Crippen LogP contribution in [0.2, 0.25) is 0 Å². The second-order valence-electron chi connectivity index (χ2n) is 7.11. The van der Waals surface area contributed by atoms with Gasteiger partial charge < -0.3 is 5.73 Å². The summed E-state index contributed by atoms with van der Waals surface area (Å²) in [6.07, 6.45) is 2.55. The lowest BCUT2D eigenvalue weighted by Gasteiger charge is -2.38. The number of rotatable bonds is 5. The maximum absolute atomic E-state index is 14.5. The number of benzene rings is 3. The molecule has 1 aliphatic heterocycles. The third kappa shape index (κ3) is 3.50. The maximum Gasteiger partial charge on any atom is 0.159 e. The third-order valence-corrected chi connectivity index (χ3v) is 5.34. The van der Waals surface area contributed by atoms with Crippen LogP contribution in [-0.2, 0) is 10.5 Å². The Kier molecular flexibility index (Phi) is 5.09. The van der Waals surface area contributed by atoms with E-state index in [1.54, 1.807) is 12.1 Å². The fourth-order valence-corrected chi connectivity index (χ4v) is 3.83. The fourth-order valence-electron chi connectivity index (χ4n) is 3.83. The summed E-state index contributed by atoms with van der Waals surface area (Å²) in [4.78, 5) is 14.0. The average molecular weight is 390 g/mol. The minimum atomic E-state index is -1.43. The summed E-state index contributed by atoms with van der Waals surface area (Å²) in [5, 5.41) is 0. The van der Waals surface area contributed by atoms with E-state index >= 15 is 0 Å². The van der Waals surface area contributed by atoms with Gasteiger partial charge in [-0.05, 0) is 34.9 Å². The summed E-state index contributed by atoms with van der Waals surface area (Å²) in [7, 11) is 0. The first-order chi connectivity index (χ1) is 14.0. The van der Waals surface area contributed by atoms with Crippen LogP contribution in [0.5, 0.6) is 0 Å². The van der Waals surface area contributed by atoms with Crippen molar-refractivity contribution in [3.63, 3.8) is 0 Å². The van der Waals surface area contributed by atoms with Crippen LogP contribution in [0.3, 0.4) is 0 Å². The summed E-state index contributed by atoms with van der Waals surface area (Å²) in [5.41, 5.74) is 7.49. The molecule has 5 heteroatoms. The molecule has 29 heavy (non-hydrogen) atoms. The van der Waals surface area contributed by atoms with E-state index in [2.05, 4.69) is 0 Å². The molecule has 0 fully saturated rings. The molecule has 1 heterocycles. The predicted octanol–water partition coefficient (Wildman–Crippen LogP) is 4.42. The number of carbonyl (C=O) groups excluding carboxylic acids is 1. The molecule has 2 N–H and O–H groups in total. The van der Waals surface area contributed by atoms with Gasteiger partial charge in [-0.25, -0.2) is 8.78 Å². The molecule has 3 aromatic carbocycles. The lowest BCUT2D eigenvalue weighted by Crippen LogP contribution is -2.54. The second-order valence-corrected chi connectivity index (χ2v) is 7.11. The third-order valence-electron chi connectivity index (χ3n) is 5.34. The molecule has 3 aromatic rings. The van der Waals surface area contributed by atoms with E-state index in [-0.39, 0.29) is 18.2 Å². The SMILES string of the molecule is N[C@](C=O)(c1ccccc1)N1CC(c2cc(F)ccc2F)=CC1c1ccccc1. The van der Waals surface area contributed by atoms with Gasteiger partial charge in [-0.15, -0.1) is 0 Å². The molecule has 0 radical (unpaired) electrons. The number of hydrogen-bond acceptors (Lipinski definition) is 3. The van der Waals surface area contributed by atoms with E-state index in [1.165, 1.54) is 6.07 Å². The van der Waals surface area contributed by atoms with Crippen molar-refractivity contribution >= 4 is 11.9 Å². The normalized spacial score (nSPS) is 18.9. The summed E-state index contributed by atoms with van der Waals surface area (Å²) in [6, 6.07) is 21.6. The number of hydrogen-bond donors (Lipinski definition) is 1. The first-order valence-corrected chi connectivity index (χ1v) is 9.31. The first kappa shape index (κ1) is 19.2. The van der Waals surface area contributed by atoms with Crippen molar-refractivity contribution in [2.45, 2.75) is 11.7 Å². The molecule has 0 saturated carbocycles. The van der Waals surface area contributed by atoms with E-state index in [0.29, 0.717) is 17.4 Å². The van der Waals surface area contributed by atoms with Crippen molar-refractivity contribution < 1.29 is 13.6 Å². The zero-order valence-electron chi connectivity index (χ0n) is 15.6. The van der Waals surface area contributed by atoms with Crippen LogP contribution in [0.25, 0.3) is 5.57 Å². The molecule has 0 saturated heterocycles. The highest BCUT2D eigenvalue weighted by molar-refractivity contribution is 5.74. The van der Waals surface area contributed by atoms with Gasteiger partial charge in [0.25, 0.3) is 0 Å². The molecule has 0 aliphatic carbocycles. The summed E-state index contributed by atoms with van der Waals surface area (Å²) >= 11 is 0. The Morgan fingerprint density at radius 2 is 1.62 bits per heavy atom. The quantitative estimate of drug-likeness (QED) is 0.656. The molecule has 4 rings (SSSR count). The van der Waals surface area contributed by atoms with Gasteiger partial charge in [0, 0.05) is 12.1 Å². The molecular weight excluding hydrogens is 370 g/mol. The smallest absolute Gasteiger partial charge is 0.159 e. The minimum absolute atomic E-state index is 0.176. The van der Waals surface area contributed by atoms with E-state index < -0.39 is 17.3 Å². The van der Waals surface area contributed by atoms with Gasteiger partial charge in [-0.1, -0.05) is 66.7 Å². The van der Waals surface area contributed by atoms with Gasteiger partial charge >= 0.3 is 0 Å². The molecule has 3 nitrogen and oxygen atoms in total. The summed E-state index contributed by atoms with van der Waals surface area (Å²) in [5.74, 6) is -1.03. The molecular formula is C24H20F2N2O. The van der Waals surface area contributed by atoms with Crippen LogP contribution >= 0.6 is 0 Å². The minimum Gasteiger partial charge on any atom is -0.303 e. The van der Waals surface area contributed by atoms with Crippen molar-refractivity contribution in [3.8, 4) is 0 Å². The lowest BCUT2D eigenvalue weighted by atomic mass is 9.96. The highest BCUT2D eigenvalue weighted by atomic mass is 19.1. The Morgan fingerprint density at radius 1 is 0.966 bits per heavy atom. The van der Waals surface area contributed by atoms with Crippen LogP contribution in [0, 0.1) is 11.6 Å². The Balaban J connectivity index is 1.83. The molecule has 1 unspecified atom stereocenters. The van der Waals surface area contributed by atoms with Gasteiger partial charge in [-0.2, -0.15) is 0 Å². The maximum atomic E-state index is 14.5. The number of nitrogens with two attached hydrogens (primary N) is 1. The van der Waals surface area contributed by atoms with E-state index in [9.17, 15) is 13.6 Å². The summed E-state index contributed by atoms with van der Waals surface area (Å²) < 4.78 is 28.2. The van der Waals surface area contributed by atoms with Crippen LogP contribution in [0.15, 0.2) is 84.9 Å². The Hall–Kier alpha value is -3.15. The zero-order chi connectivity index (χ0) is 20.4. The van der Waals surface area contributed by atoms with Crippen molar-refractivity contribution in [2.24, 2.45) is 5.73 Å². The Labute approximate surface area is 168 Å². The number of halogens is 2. The Bertz CT molecular complexity index is 1050. The van der Waals surface area contributed by atoms with Crippen molar-refractivity contribution in [2.75, 3.05) is 6.54 Å². The van der Waals surface area contributed by atoms with Crippen LogP contribution < -0.4 is 5.73 Å². The van der Waals surface area contributed by atoms with E-state index in [1.807, 2.05) is 59.5 Å². The molecule has 0 bridgehead atoms. The van der Waals surface area contributed by atoms with Crippen LogP contribution in [0.1, 0.15) is 22.7 Å². The second kappa shape index (κ2) is 7.70. The fraction of sp³-hybridized carbons (Fsp3) is 0.125. The molecule has 146 valence electrons. The van der Waals surface area contributed by atoms with E-state index in [0.717, 1.165) is 17.7 Å². The van der Waals surface area contributed by atoms with Gasteiger partial charge in [0.2, 0.25) is 0 Å². The number of carbonyl (C=O) groups is 1.